The van der Waals surface area contributed by atoms with Gasteiger partial charge >= 0.3 is 0 Å². The largest absolute Gasteiger partial charge is 0.493 e. The van der Waals surface area contributed by atoms with E-state index in [2.05, 4.69) is 22.5 Å². The third kappa shape index (κ3) is 7.15. The van der Waals surface area contributed by atoms with Crippen molar-refractivity contribution >= 4 is 58.9 Å². The van der Waals surface area contributed by atoms with Gasteiger partial charge in [-0.2, -0.15) is 0 Å². The van der Waals surface area contributed by atoms with Crippen LogP contribution < -0.4 is 20.5 Å². The number of amides is 1. The molecule has 3 N–H and O–H groups in total. The van der Waals surface area contributed by atoms with E-state index in [9.17, 15) is 4.79 Å². The topological polar surface area (TPSA) is 78.5 Å². The van der Waals surface area contributed by atoms with Crippen molar-refractivity contribution in [3.8, 4) is 11.5 Å². The van der Waals surface area contributed by atoms with Crippen molar-refractivity contribution < 1.29 is 14.3 Å². The van der Waals surface area contributed by atoms with E-state index in [1.54, 1.807) is 6.08 Å². The molecule has 1 amide bonds. The number of carbonyl (C=O) groups excluding carboxylic acids is 1. The zero-order valence-corrected chi connectivity index (χ0v) is 22.2. The number of fused-ring (bicyclic) bond motifs is 1. The van der Waals surface area contributed by atoms with Crippen molar-refractivity contribution in [3.05, 3.63) is 94.5 Å². The molecule has 0 aliphatic carbocycles. The predicted molar refractivity (Wildman–Crippen MR) is 157 cm³/mol. The Morgan fingerprint density at radius 3 is 2.62 bits per heavy atom. The van der Waals surface area contributed by atoms with Gasteiger partial charge in [0.2, 0.25) is 0 Å². The van der Waals surface area contributed by atoms with Gasteiger partial charge in [0.25, 0.3) is 5.91 Å². The second-order valence-electron chi connectivity index (χ2n) is 8.62. The number of nitrogen functional groups attached to an aromatic ring is 1. The lowest BCUT2D eigenvalue weighted by Crippen LogP contribution is -2.20. The van der Waals surface area contributed by atoms with Crippen molar-refractivity contribution in [2.24, 2.45) is 0 Å². The van der Waals surface area contributed by atoms with Crippen LogP contribution in [0.4, 0.5) is 5.69 Å². The quantitative estimate of drug-likeness (QED) is 0.0736. The first-order valence-corrected chi connectivity index (χ1v) is 12.8. The summed E-state index contributed by atoms with van der Waals surface area (Å²) >= 11 is 9.11. The van der Waals surface area contributed by atoms with E-state index < -0.39 is 0 Å². The van der Waals surface area contributed by atoms with E-state index in [1.165, 1.54) is 5.49 Å². The molecule has 0 aliphatic heterocycles. The fraction of sp³-hybridized carbons (Fsp3) is 0.172. The van der Waals surface area contributed by atoms with Crippen LogP contribution in [-0.4, -0.2) is 22.6 Å². The summed E-state index contributed by atoms with van der Waals surface area (Å²) in [6.45, 7) is 3.67. The van der Waals surface area contributed by atoms with E-state index in [4.69, 9.17) is 27.4 Å². The fourth-order valence-electron chi connectivity index (χ4n) is 4.08. The number of nitrogens with one attached hydrogen (secondary N) is 1. The maximum absolute atomic E-state index is 12.2. The standard InChI is InChI=1S/C29H29N3O3S2/c1-20-12-23(30)16-26(13-20)34-11-5-10-32-24(17-28(37)29(33)31-19-36)14-22-15-25(8-9-27(22)32)35-18-21-6-3-2-4-7-21/h2-4,6-9,12-17,19,37H,5,10-11,18,30H2,1H3,(H,31,33,36)/b28-17+. The molecule has 0 unspecified atom stereocenters. The second-order valence-corrected chi connectivity index (χ2v) is 9.34. The summed E-state index contributed by atoms with van der Waals surface area (Å²) in [5.41, 5.74) is 11.8. The van der Waals surface area contributed by atoms with Gasteiger partial charge in [-0.15, -0.1) is 12.6 Å². The smallest absolute Gasteiger partial charge is 0.262 e. The zero-order valence-electron chi connectivity index (χ0n) is 20.5. The van der Waals surface area contributed by atoms with Crippen LogP contribution in [0.5, 0.6) is 11.5 Å². The van der Waals surface area contributed by atoms with Crippen molar-refractivity contribution in [3.63, 3.8) is 0 Å². The lowest BCUT2D eigenvalue weighted by Gasteiger charge is -2.12. The van der Waals surface area contributed by atoms with Gasteiger partial charge in [0.15, 0.2) is 0 Å². The SMILES string of the molecule is Cc1cc(N)cc(OCCCn2c(/C=C(/S)C(=O)NC=S)cc3cc(OCc4ccccc4)ccc32)c1. The number of hydrogen-bond donors (Lipinski definition) is 3. The van der Waals surface area contributed by atoms with Gasteiger partial charge in [-0.25, -0.2) is 0 Å². The molecule has 1 heterocycles. The van der Waals surface area contributed by atoms with E-state index >= 15 is 0 Å². The van der Waals surface area contributed by atoms with E-state index in [-0.39, 0.29) is 10.8 Å². The van der Waals surface area contributed by atoms with Crippen LogP contribution in [0.15, 0.2) is 77.7 Å². The van der Waals surface area contributed by atoms with Gasteiger partial charge in [0, 0.05) is 34.9 Å². The summed E-state index contributed by atoms with van der Waals surface area (Å²) in [6.07, 6.45) is 2.49. The molecule has 37 heavy (non-hydrogen) atoms. The first-order valence-electron chi connectivity index (χ1n) is 11.9. The molecule has 190 valence electrons. The van der Waals surface area contributed by atoms with Gasteiger partial charge in [-0.1, -0.05) is 42.5 Å². The van der Waals surface area contributed by atoms with Crippen LogP contribution in [0.1, 0.15) is 23.2 Å². The Hall–Kier alpha value is -3.75. The molecular weight excluding hydrogens is 502 g/mol. The summed E-state index contributed by atoms with van der Waals surface area (Å²) in [5.74, 6) is 1.17. The first kappa shape index (κ1) is 26.3. The van der Waals surface area contributed by atoms with Gasteiger partial charge in [0.05, 0.1) is 17.0 Å². The van der Waals surface area contributed by atoms with Gasteiger partial charge in [-0.05, 0) is 66.9 Å². The Bertz CT molecular complexity index is 1410. The third-order valence-electron chi connectivity index (χ3n) is 5.73. The summed E-state index contributed by atoms with van der Waals surface area (Å²) in [5, 5.41) is 3.49. The predicted octanol–water partition coefficient (Wildman–Crippen LogP) is 5.92. The molecule has 8 heteroatoms. The second kappa shape index (κ2) is 12.5. The molecule has 0 atom stereocenters. The number of rotatable bonds is 11. The molecule has 1 aromatic heterocycles. The molecule has 0 bridgehead atoms. The van der Waals surface area contributed by atoms with E-state index in [1.807, 2.05) is 79.7 Å². The maximum Gasteiger partial charge on any atom is 0.262 e. The van der Waals surface area contributed by atoms with E-state index in [0.717, 1.165) is 45.6 Å². The van der Waals surface area contributed by atoms with Crippen LogP contribution in [0.3, 0.4) is 0 Å². The Morgan fingerprint density at radius 2 is 1.86 bits per heavy atom. The molecule has 0 spiro atoms. The van der Waals surface area contributed by atoms with Crippen molar-refractivity contribution in [2.45, 2.75) is 26.5 Å². The average molecular weight is 532 g/mol. The molecule has 4 aromatic rings. The molecular formula is C29H29N3O3S2. The molecule has 0 fully saturated rings. The molecule has 0 radical (unpaired) electrons. The minimum absolute atomic E-state index is 0.261. The molecule has 0 saturated carbocycles. The number of thiocarbonyl (C=S) groups is 1. The highest BCUT2D eigenvalue weighted by molar-refractivity contribution is 7.85. The normalized spacial score (nSPS) is 11.4. The van der Waals surface area contributed by atoms with Crippen LogP contribution in [-0.2, 0) is 17.9 Å². The van der Waals surface area contributed by atoms with Gasteiger partial charge in [-0.3, -0.25) is 4.79 Å². The van der Waals surface area contributed by atoms with Crippen molar-refractivity contribution in [1.82, 2.24) is 9.88 Å². The summed E-state index contributed by atoms with van der Waals surface area (Å²) in [7, 11) is 0. The number of thiol groups is 1. The van der Waals surface area contributed by atoms with Crippen LogP contribution in [0, 0.1) is 6.92 Å². The zero-order chi connectivity index (χ0) is 26.2. The van der Waals surface area contributed by atoms with Gasteiger partial charge in [0.1, 0.15) is 18.1 Å². The highest BCUT2D eigenvalue weighted by Crippen LogP contribution is 2.28. The van der Waals surface area contributed by atoms with Crippen molar-refractivity contribution in [1.29, 1.82) is 0 Å². The highest BCUT2D eigenvalue weighted by Gasteiger charge is 2.12. The molecule has 3 aromatic carbocycles. The molecule has 0 saturated heterocycles. The molecule has 0 aliphatic rings. The lowest BCUT2D eigenvalue weighted by molar-refractivity contribution is -0.115. The first-order chi connectivity index (χ1) is 17.9. The van der Waals surface area contributed by atoms with Gasteiger partial charge < -0.3 is 25.1 Å². The summed E-state index contributed by atoms with van der Waals surface area (Å²) in [4.78, 5) is 12.5. The average Bonchev–Trinajstić information content (AvgIpc) is 3.21. The minimum atomic E-state index is -0.359. The number of hydrogen-bond acceptors (Lipinski definition) is 6. The molecule has 4 rings (SSSR count). The van der Waals surface area contributed by atoms with Crippen LogP contribution in [0.25, 0.3) is 17.0 Å². The lowest BCUT2D eigenvalue weighted by atomic mass is 10.2. The summed E-state index contributed by atoms with van der Waals surface area (Å²) in [6, 6.07) is 23.8. The Balaban J connectivity index is 1.54. The van der Waals surface area contributed by atoms with Crippen LogP contribution in [0.2, 0.25) is 0 Å². The summed E-state index contributed by atoms with van der Waals surface area (Å²) < 4.78 is 14.1. The Labute approximate surface area is 227 Å². The number of ether oxygens (including phenoxy) is 2. The molecule has 6 nitrogen and oxygen atoms in total. The van der Waals surface area contributed by atoms with Crippen LogP contribution >= 0.6 is 24.8 Å². The Morgan fingerprint density at radius 1 is 1.05 bits per heavy atom. The van der Waals surface area contributed by atoms with E-state index in [0.29, 0.717) is 25.4 Å². The minimum Gasteiger partial charge on any atom is -0.493 e. The number of nitrogens with zero attached hydrogens (tertiary/aromatic N) is 1. The number of aryl methyl sites for hydroxylation is 2. The van der Waals surface area contributed by atoms with Crippen molar-refractivity contribution in [2.75, 3.05) is 12.3 Å². The number of aromatic nitrogens is 1. The number of carbonyl (C=O) groups is 1. The maximum atomic E-state index is 12.2. The third-order valence-corrected chi connectivity index (χ3v) is 6.18. The number of anilines is 1. The monoisotopic (exact) mass is 531 g/mol. The highest BCUT2D eigenvalue weighted by atomic mass is 32.1. The Kier molecular flexibility index (Phi) is 8.87. The number of benzene rings is 3. The number of nitrogens with two attached hydrogens (primary N) is 1. The fourth-order valence-corrected chi connectivity index (χ4v) is 4.38.